The molecule has 120 valence electrons. The number of nitrogens with zero attached hydrogens (tertiary/aromatic N) is 1. The van der Waals surface area contributed by atoms with Crippen molar-refractivity contribution >= 4 is 11.5 Å². The summed E-state index contributed by atoms with van der Waals surface area (Å²) in [5.74, 6) is -4.78. The number of alkyl halides is 4. The van der Waals surface area contributed by atoms with Crippen LogP contribution in [0.15, 0.2) is 9.59 Å². The van der Waals surface area contributed by atoms with Crippen LogP contribution in [0.3, 0.4) is 0 Å². The van der Waals surface area contributed by atoms with Crippen molar-refractivity contribution in [1.82, 2.24) is 9.55 Å². The van der Waals surface area contributed by atoms with Crippen LogP contribution in [0.25, 0.3) is 0 Å². The first-order chi connectivity index (χ1) is 9.70. The van der Waals surface area contributed by atoms with Gasteiger partial charge >= 0.3 is 18.0 Å². The van der Waals surface area contributed by atoms with Gasteiger partial charge in [0.05, 0.1) is 19.7 Å². The van der Waals surface area contributed by atoms with Crippen molar-refractivity contribution in [2.45, 2.75) is 18.9 Å². The molecule has 7 nitrogen and oxygen atoms in total. The van der Waals surface area contributed by atoms with Gasteiger partial charge in [-0.1, -0.05) is 0 Å². The Morgan fingerprint density at radius 1 is 1.43 bits per heavy atom. The highest BCUT2D eigenvalue weighted by Crippen LogP contribution is 2.23. The van der Waals surface area contributed by atoms with Crippen LogP contribution in [0.2, 0.25) is 0 Å². The van der Waals surface area contributed by atoms with E-state index >= 15 is 0 Å². The molecule has 11 heteroatoms. The third-order valence-electron chi connectivity index (χ3n) is 2.58. The Kier molecular flexibility index (Phi) is 5.35. The summed E-state index contributed by atoms with van der Waals surface area (Å²) < 4.78 is 55.3. The molecule has 4 N–H and O–H groups in total. The fraction of sp³-hybridized carbons (Fsp3) is 0.600. The molecule has 0 spiro atoms. The van der Waals surface area contributed by atoms with Crippen LogP contribution in [0, 0.1) is 0 Å². The number of nitrogens with two attached hydrogens (primary N) is 1. The summed E-state index contributed by atoms with van der Waals surface area (Å²) in [5, 5.41) is 1.85. The van der Waals surface area contributed by atoms with Gasteiger partial charge in [0.2, 0.25) is 0 Å². The van der Waals surface area contributed by atoms with Crippen LogP contribution in [-0.4, -0.2) is 42.2 Å². The predicted octanol–water partition coefficient (Wildman–Crippen LogP) is 0.0775. The molecule has 0 radical (unpaired) electrons. The molecule has 0 aliphatic rings. The summed E-state index contributed by atoms with van der Waals surface area (Å²) in [6.07, 6.45) is -3.90. The number of nitrogens with one attached hydrogen (secondary N) is 2. The fourth-order valence-electron chi connectivity index (χ4n) is 1.45. The largest absolute Gasteiger partial charge is 0.383 e. The molecule has 1 aromatic rings. The first-order valence-corrected chi connectivity index (χ1v) is 5.72. The molecule has 0 bridgehead atoms. The van der Waals surface area contributed by atoms with Crippen LogP contribution in [0.5, 0.6) is 0 Å². The highest BCUT2D eigenvalue weighted by molar-refractivity contribution is 5.60. The quantitative estimate of drug-likeness (QED) is 0.619. The van der Waals surface area contributed by atoms with Gasteiger partial charge < -0.3 is 15.8 Å². The number of ether oxygens (including phenoxy) is 1. The first-order valence-electron chi connectivity index (χ1n) is 5.72. The lowest BCUT2D eigenvalue weighted by Crippen LogP contribution is -2.39. The van der Waals surface area contributed by atoms with Gasteiger partial charge in [0, 0.05) is 7.11 Å². The summed E-state index contributed by atoms with van der Waals surface area (Å²) in [6.45, 7) is -1.47. The van der Waals surface area contributed by atoms with Crippen LogP contribution >= 0.6 is 0 Å². The minimum absolute atomic E-state index is 0.0438. The monoisotopic (exact) mass is 314 g/mol. The Bertz CT molecular complexity index is 599. The zero-order valence-electron chi connectivity index (χ0n) is 11.0. The molecular weight excluding hydrogens is 300 g/mol. The van der Waals surface area contributed by atoms with Crippen LogP contribution in [0.1, 0.15) is 0 Å². The standard InChI is InChI=1S/C10H14F4N4O3/c1-21-3-2-18-6(15)5(7(19)17-9(18)20)16-4-10(13,14)8(11)12/h8,16H,2-4,15H2,1H3,(H,17,19,20). The molecule has 0 fully saturated rings. The normalized spacial score (nSPS) is 11.9. The van der Waals surface area contributed by atoms with Crippen molar-refractivity contribution < 1.29 is 22.3 Å². The third kappa shape index (κ3) is 3.97. The van der Waals surface area contributed by atoms with E-state index < -0.39 is 41.6 Å². The van der Waals surface area contributed by atoms with E-state index in [2.05, 4.69) is 0 Å². The van der Waals surface area contributed by atoms with E-state index in [0.717, 1.165) is 4.57 Å². The van der Waals surface area contributed by atoms with Crippen molar-refractivity contribution in [1.29, 1.82) is 0 Å². The van der Waals surface area contributed by atoms with E-state index in [1.165, 1.54) is 7.11 Å². The number of hydrogen-bond donors (Lipinski definition) is 3. The minimum Gasteiger partial charge on any atom is -0.383 e. The molecule has 0 amide bonds. The summed E-state index contributed by atoms with van der Waals surface area (Å²) in [7, 11) is 1.36. The molecule has 0 aliphatic carbocycles. The second kappa shape index (κ2) is 6.61. The van der Waals surface area contributed by atoms with E-state index in [1.807, 2.05) is 10.3 Å². The van der Waals surface area contributed by atoms with E-state index in [0.29, 0.717) is 0 Å². The Labute approximate surface area is 115 Å². The van der Waals surface area contributed by atoms with Crippen molar-refractivity contribution in [3.63, 3.8) is 0 Å². The van der Waals surface area contributed by atoms with Gasteiger partial charge in [-0.25, -0.2) is 13.6 Å². The van der Waals surface area contributed by atoms with Crippen molar-refractivity contribution in [3.05, 3.63) is 20.8 Å². The van der Waals surface area contributed by atoms with Gasteiger partial charge in [-0.05, 0) is 0 Å². The Hall–Kier alpha value is -2.04. The second-order valence-electron chi connectivity index (χ2n) is 4.08. The third-order valence-corrected chi connectivity index (χ3v) is 2.58. The van der Waals surface area contributed by atoms with Crippen molar-refractivity contribution in [2.75, 3.05) is 31.3 Å². The average Bonchev–Trinajstić information content (AvgIpc) is 2.37. The number of rotatable bonds is 7. The maximum Gasteiger partial charge on any atom is 0.330 e. The van der Waals surface area contributed by atoms with E-state index in [1.54, 1.807) is 0 Å². The maximum atomic E-state index is 12.8. The van der Waals surface area contributed by atoms with E-state index in [-0.39, 0.29) is 13.2 Å². The number of aromatic amines is 1. The summed E-state index contributed by atoms with van der Waals surface area (Å²) in [6, 6.07) is 0. The number of methoxy groups -OCH3 is 1. The molecule has 1 aromatic heterocycles. The Balaban J connectivity index is 3.08. The molecule has 0 saturated carbocycles. The van der Waals surface area contributed by atoms with E-state index in [9.17, 15) is 27.2 Å². The number of anilines is 2. The molecule has 0 unspecified atom stereocenters. The SMILES string of the molecule is COCCn1c(N)c(NCC(F)(F)C(F)F)c(=O)[nH]c1=O. The fourth-order valence-corrected chi connectivity index (χ4v) is 1.45. The summed E-state index contributed by atoms with van der Waals surface area (Å²) in [5.41, 5.74) is 3.01. The van der Waals surface area contributed by atoms with Crippen molar-refractivity contribution in [3.8, 4) is 0 Å². The maximum absolute atomic E-state index is 12.8. The minimum atomic E-state index is -4.34. The Morgan fingerprint density at radius 3 is 2.57 bits per heavy atom. The van der Waals surface area contributed by atoms with Crippen LogP contribution in [0.4, 0.5) is 29.1 Å². The molecule has 0 saturated heterocycles. The molecule has 0 aromatic carbocycles. The lowest BCUT2D eigenvalue weighted by Gasteiger charge is -2.18. The van der Waals surface area contributed by atoms with Crippen LogP contribution in [-0.2, 0) is 11.3 Å². The lowest BCUT2D eigenvalue weighted by atomic mass is 10.3. The number of nitrogen functional groups attached to an aromatic ring is 1. The average molecular weight is 314 g/mol. The zero-order chi connectivity index (χ0) is 16.2. The second-order valence-corrected chi connectivity index (χ2v) is 4.08. The van der Waals surface area contributed by atoms with Crippen LogP contribution < -0.4 is 22.3 Å². The molecule has 0 aliphatic heterocycles. The number of halogens is 4. The lowest BCUT2D eigenvalue weighted by molar-refractivity contribution is -0.117. The molecule has 1 rings (SSSR count). The number of aromatic nitrogens is 2. The number of H-pyrrole nitrogens is 1. The first kappa shape index (κ1) is 17.0. The predicted molar refractivity (Wildman–Crippen MR) is 67.1 cm³/mol. The van der Waals surface area contributed by atoms with Gasteiger partial charge in [-0.2, -0.15) is 8.78 Å². The summed E-state index contributed by atoms with van der Waals surface area (Å²) in [4.78, 5) is 24.8. The number of hydrogen-bond acceptors (Lipinski definition) is 5. The molecular formula is C10H14F4N4O3. The highest BCUT2D eigenvalue weighted by Gasteiger charge is 2.40. The smallest absolute Gasteiger partial charge is 0.330 e. The Morgan fingerprint density at radius 2 is 2.05 bits per heavy atom. The summed E-state index contributed by atoms with van der Waals surface area (Å²) >= 11 is 0. The molecule has 1 heterocycles. The van der Waals surface area contributed by atoms with Gasteiger partial charge in [0.25, 0.3) is 5.56 Å². The highest BCUT2D eigenvalue weighted by atomic mass is 19.3. The van der Waals surface area contributed by atoms with E-state index in [4.69, 9.17) is 10.5 Å². The van der Waals surface area contributed by atoms with Gasteiger partial charge in [0.1, 0.15) is 11.5 Å². The van der Waals surface area contributed by atoms with Gasteiger partial charge in [0.15, 0.2) is 0 Å². The molecule has 0 atom stereocenters. The van der Waals surface area contributed by atoms with Crippen molar-refractivity contribution in [2.24, 2.45) is 0 Å². The van der Waals surface area contributed by atoms with Gasteiger partial charge in [-0.3, -0.25) is 14.3 Å². The zero-order valence-corrected chi connectivity index (χ0v) is 11.0. The van der Waals surface area contributed by atoms with Gasteiger partial charge in [-0.15, -0.1) is 0 Å². The topological polar surface area (TPSA) is 102 Å². The molecule has 21 heavy (non-hydrogen) atoms.